The van der Waals surface area contributed by atoms with Crippen molar-refractivity contribution in [1.29, 1.82) is 0 Å². The molecule has 12 heteroatoms. The number of carboxylic acids is 1. The number of fused-ring (bicyclic) bond motifs is 1. The summed E-state index contributed by atoms with van der Waals surface area (Å²) >= 11 is 1.40. The Bertz CT molecular complexity index is 841. The van der Waals surface area contributed by atoms with Crippen LogP contribution in [0.25, 0.3) is 0 Å². The van der Waals surface area contributed by atoms with E-state index in [-0.39, 0.29) is 31.0 Å². The predicted molar refractivity (Wildman–Crippen MR) is 93.6 cm³/mol. The zero-order valence-corrected chi connectivity index (χ0v) is 16.4. The highest BCUT2D eigenvalue weighted by Gasteiger charge is 2.61. The van der Waals surface area contributed by atoms with Gasteiger partial charge in [0.15, 0.2) is 0 Å². The summed E-state index contributed by atoms with van der Waals surface area (Å²) in [6, 6.07) is -1.01. The molecule has 0 radical (unpaired) electrons. The first-order valence-corrected chi connectivity index (χ1v) is 9.40. The fourth-order valence-corrected chi connectivity index (χ4v) is 5.13. The number of thioether (sulfide) groups is 1. The molecule has 2 aliphatic rings. The minimum Gasteiger partial charge on any atom is -0.480 e. The number of hydrogen-bond acceptors (Lipinski definition) is 9. The summed E-state index contributed by atoms with van der Waals surface area (Å²) in [5, 5.41) is 17.5. The lowest BCUT2D eigenvalue weighted by Gasteiger charge is -2.37. The Morgan fingerprint density at radius 2 is 1.89 bits per heavy atom. The topological polar surface area (TPSA) is 141 Å². The lowest BCUT2D eigenvalue weighted by Crippen LogP contribution is -2.58. The molecule has 3 atom stereocenters. The molecule has 1 aromatic heterocycles. The number of carboxylic acid groups (broad SMARTS) is 1. The van der Waals surface area contributed by atoms with Gasteiger partial charge >= 0.3 is 17.9 Å². The minimum atomic E-state index is -1.09. The zero-order valence-electron chi connectivity index (χ0n) is 15.6. The Kier molecular flexibility index (Phi) is 5.33. The first-order valence-electron chi connectivity index (χ1n) is 8.52. The largest absolute Gasteiger partial charge is 0.480 e. The van der Waals surface area contributed by atoms with Crippen molar-refractivity contribution < 1.29 is 33.8 Å². The number of rotatable bonds is 7. The summed E-state index contributed by atoms with van der Waals surface area (Å²) in [5.41, 5.74) is 0.720. The zero-order chi connectivity index (χ0) is 20.6. The van der Waals surface area contributed by atoms with E-state index in [2.05, 4.69) is 10.3 Å². The fourth-order valence-electron chi connectivity index (χ4n) is 3.39. The molecule has 152 valence electrons. The maximum atomic E-state index is 11.9. The summed E-state index contributed by atoms with van der Waals surface area (Å²) in [6.45, 7) is 4.09. The van der Waals surface area contributed by atoms with E-state index in [4.69, 9.17) is 9.47 Å². The van der Waals surface area contributed by atoms with Gasteiger partial charge in [-0.05, 0) is 6.92 Å². The number of amides is 1. The van der Waals surface area contributed by atoms with E-state index in [0.29, 0.717) is 17.8 Å². The van der Waals surface area contributed by atoms with Gasteiger partial charge in [0.25, 0.3) is 0 Å². The molecule has 0 aliphatic carbocycles. The molecular weight excluding hydrogens is 392 g/mol. The Labute approximate surface area is 164 Å². The molecule has 3 rings (SSSR count). The molecule has 28 heavy (non-hydrogen) atoms. The van der Waals surface area contributed by atoms with Crippen LogP contribution >= 0.6 is 11.8 Å². The van der Waals surface area contributed by atoms with Gasteiger partial charge in [0.1, 0.15) is 30.6 Å². The van der Waals surface area contributed by atoms with Crippen molar-refractivity contribution in [2.75, 3.05) is 0 Å². The van der Waals surface area contributed by atoms with Crippen LogP contribution in [0.5, 0.6) is 0 Å². The predicted octanol–water partition coefficient (Wildman–Crippen LogP) is -0.0786. The van der Waals surface area contributed by atoms with Crippen LogP contribution in [0.3, 0.4) is 0 Å². The normalized spacial score (nSPS) is 25.8. The maximum absolute atomic E-state index is 11.9. The second kappa shape index (κ2) is 7.41. The highest BCUT2D eigenvalue weighted by Crippen LogP contribution is 2.51. The molecule has 0 spiro atoms. The molecule has 2 aliphatic heterocycles. The third-order valence-electron chi connectivity index (χ3n) is 4.65. The van der Waals surface area contributed by atoms with Crippen molar-refractivity contribution in [3.8, 4) is 0 Å². The van der Waals surface area contributed by atoms with E-state index in [1.165, 1.54) is 35.2 Å². The third kappa shape index (κ3) is 3.68. The van der Waals surface area contributed by atoms with Crippen LogP contribution in [0.2, 0.25) is 0 Å². The molecule has 1 aromatic rings. The number of hydrogen-bond donors (Lipinski definition) is 1. The monoisotopic (exact) mass is 412 g/mol. The Morgan fingerprint density at radius 1 is 1.25 bits per heavy atom. The Hall–Kier alpha value is -2.63. The van der Waals surface area contributed by atoms with Gasteiger partial charge in [-0.25, -0.2) is 9.48 Å². The summed E-state index contributed by atoms with van der Waals surface area (Å²) in [6.07, 6.45) is 0.305. The number of ether oxygens (including phenoxy) is 2. The average molecular weight is 412 g/mol. The molecule has 3 unspecified atom stereocenters. The lowest BCUT2D eigenvalue weighted by molar-refractivity contribution is -0.157. The van der Waals surface area contributed by atoms with Crippen LogP contribution in [0.1, 0.15) is 38.6 Å². The second-order valence-corrected chi connectivity index (χ2v) is 8.54. The van der Waals surface area contributed by atoms with Crippen molar-refractivity contribution in [2.24, 2.45) is 0 Å². The smallest absolute Gasteiger partial charge is 0.327 e. The van der Waals surface area contributed by atoms with Crippen LogP contribution in [0, 0.1) is 0 Å². The van der Waals surface area contributed by atoms with E-state index in [1.807, 2.05) is 0 Å². The van der Waals surface area contributed by atoms with Crippen molar-refractivity contribution in [3.63, 3.8) is 0 Å². The van der Waals surface area contributed by atoms with Crippen molar-refractivity contribution in [3.05, 3.63) is 11.4 Å². The van der Waals surface area contributed by atoms with Crippen LogP contribution in [-0.2, 0) is 48.4 Å². The first-order chi connectivity index (χ1) is 13.1. The van der Waals surface area contributed by atoms with E-state index < -0.39 is 28.7 Å². The van der Waals surface area contributed by atoms with Crippen molar-refractivity contribution >= 4 is 35.6 Å². The fraction of sp³-hybridized carbons (Fsp3) is 0.625. The van der Waals surface area contributed by atoms with Gasteiger partial charge in [0.2, 0.25) is 5.91 Å². The van der Waals surface area contributed by atoms with Gasteiger partial charge < -0.3 is 19.5 Å². The summed E-state index contributed by atoms with van der Waals surface area (Å²) in [7, 11) is 0. The molecule has 1 N–H and O–H groups in total. The van der Waals surface area contributed by atoms with Crippen molar-refractivity contribution in [1.82, 2.24) is 19.9 Å². The van der Waals surface area contributed by atoms with E-state index in [0.717, 1.165) is 0 Å². The van der Waals surface area contributed by atoms with Gasteiger partial charge in [-0.15, -0.1) is 16.9 Å². The third-order valence-corrected chi connectivity index (χ3v) is 6.21. The minimum absolute atomic E-state index is 0.124. The molecule has 2 saturated heterocycles. The molecule has 0 bridgehead atoms. The maximum Gasteiger partial charge on any atom is 0.327 e. The summed E-state index contributed by atoms with van der Waals surface area (Å²) in [4.78, 5) is 47.4. The highest BCUT2D eigenvalue weighted by molar-refractivity contribution is 8.01. The standard InChI is InChI=1S/C16H20N4O7S/c1-8(21)26-5-10-11(6-27-9(2)22)19(18-17-10)7-16(3)14(15(24)25)20-12(23)4-13(20)28-16/h13-14H,4-7H2,1-3H3,(H,24,25). The number of esters is 2. The van der Waals surface area contributed by atoms with Gasteiger partial charge in [0.05, 0.1) is 23.1 Å². The van der Waals surface area contributed by atoms with E-state index in [9.17, 15) is 24.3 Å². The number of aliphatic carboxylic acids is 1. The van der Waals surface area contributed by atoms with Gasteiger partial charge in [-0.3, -0.25) is 14.4 Å². The molecule has 0 saturated carbocycles. The molecule has 11 nitrogen and oxygen atoms in total. The number of carbonyl (C=O) groups excluding carboxylic acids is 3. The summed E-state index contributed by atoms with van der Waals surface area (Å²) in [5.74, 6) is -2.29. The van der Waals surface area contributed by atoms with Crippen LogP contribution < -0.4 is 0 Å². The quantitative estimate of drug-likeness (QED) is 0.477. The molecule has 3 heterocycles. The number of nitrogens with zero attached hydrogens (tertiary/aromatic N) is 4. The number of carbonyl (C=O) groups is 4. The van der Waals surface area contributed by atoms with E-state index in [1.54, 1.807) is 6.92 Å². The average Bonchev–Trinajstić information content (AvgIpc) is 3.06. The Balaban J connectivity index is 1.87. The van der Waals surface area contributed by atoms with Crippen LogP contribution in [-0.4, -0.2) is 65.0 Å². The van der Waals surface area contributed by atoms with Gasteiger partial charge in [-0.2, -0.15) is 0 Å². The van der Waals surface area contributed by atoms with Crippen LogP contribution in [0.4, 0.5) is 0 Å². The van der Waals surface area contributed by atoms with Gasteiger partial charge in [-0.1, -0.05) is 5.21 Å². The SMILES string of the molecule is CC(=O)OCc1nnn(CC2(C)SC3CC(=O)N3C2C(=O)O)c1COC(C)=O. The van der Waals surface area contributed by atoms with E-state index >= 15 is 0 Å². The second-order valence-electron chi connectivity index (χ2n) is 6.83. The number of β-lactam (4-membered cyclic amide) rings is 1. The molecule has 0 aromatic carbocycles. The number of aromatic nitrogens is 3. The Morgan fingerprint density at radius 3 is 2.46 bits per heavy atom. The molecule has 2 fully saturated rings. The summed E-state index contributed by atoms with van der Waals surface area (Å²) < 4.78 is 10.6. The van der Waals surface area contributed by atoms with Crippen LogP contribution in [0.15, 0.2) is 0 Å². The first kappa shape index (κ1) is 20.1. The van der Waals surface area contributed by atoms with Crippen molar-refractivity contribution in [2.45, 2.75) is 63.1 Å². The molecular formula is C16H20N4O7S. The van der Waals surface area contributed by atoms with Gasteiger partial charge in [0, 0.05) is 13.8 Å². The highest BCUT2D eigenvalue weighted by atomic mass is 32.2. The lowest BCUT2D eigenvalue weighted by atomic mass is 9.96. The molecule has 1 amide bonds.